The van der Waals surface area contributed by atoms with E-state index in [1.54, 1.807) is 6.08 Å². The first-order chi connectivity index (χ1) is 6.02. The molecule has 2 nitrogen and oxygen atoms in total. The van der Waals surface area contributed by atoms with E-state index < -0.39 is 0 Å². The summed E-state index contributed by atoms with van der Waals surface area (Å²) in [6, 6.07) is 0. The fraction of sp³-hybridized carbons (Fsp3) is 0.667. The van der Waals surface area contributed by atoms with E-state index in [1.165, 1.54) is 0 Å². The van der Waals surface area contributed by atoms with Gasteiger partial charge in [0.05, 0.1) is 6.61 Å². The number of hydrogen-bond acceptors (Lipinski definition) is 2. The predicted molar refractivity (Wildman–Crippen MR) is 61.3 cm³/mol. The summed E-state index contributed by atoms with van der Waals surface area (Å²) in [6.07, 6.45) is 1.37. The third-order valence-electron chi connectivity index (χ3n) is 1.21. The lowest BCUT2D eigenvalue weighted by Crippen LogP contribution is -2.32. The molecule has 1 unspecified atom stereocenters. The van der Waals surface area contributed by atoms with Crippen LogP contribution >= 0.6 is 31.9 Å². The molecule has 0 bridgehead atoms. The minimum Gasteiger partial charge on any atom is -0.351 e. The molecule has 0 saturated carbocycles. The van der Waals surface area contributed by atoms with Gasteiger partial charge in [-0.15, -0.1) is 5.73 Å². The van der Waals surface area contributed by atoms with Crippen LogP contribution in [0.25, 0.3) is 0 Å². The molecule has 1 atom stereocenters. The van der Waals surface area contributed by atoms with Crippen molar-refractivity contribution >= 4 is 31.9 Å². The summed E-state index contributed by atoms with van der Waals surface area (Å²) in [6.45, 7) is 8.34. The Hall–Kier alpha value is 0.400. The molecule has 0 aromatic rings. The van der Waals surface area contributed by atoms with Crippen LogP contribution in [0.1, 0.15) is 13.8 Å². The maximum Gasteiger partial charge on any atom is 0.182 e. The van der Waals surface area contributed by atoms with E-state index in [-0.39, 0.29) is 9.52 Å². The lowest BCUT2D eigenvalue weighted by atomic mass is 10.4. The highest BCUT2D eigenvalue weighted by Crippen LogP contribution is 2.31. The van der Waals surface area contributed by atoms with Crippen LogP contribution in [0, 0.1) is 0 Å². The Morgan fingerprint density at radius 2 is 2.15 bits per heavy atom. The lowest BCUT2D eigenvalue weighted by molar-refractivity contribution is -0.132. The lowest BCUT2D eigenvalue weighted by Gasteiger charge is -2.26. The highest BCUT2D eigenvalue weighted by Gasteiger charge is 2.29. The fourth-order valence-electron chi connectivity index (χ4n) is 0.687. The van der Waals surface area contributed by atoms with Crippen LogP contribution < -0.4 is 0 Å². The number of rotatable bonds is 6. The van der Waals surface area contributed by atoms with E-state index >= 15 is 0 Å². The summed E-state index contributed by atoms with van der Waals surface area (Å²) in [7, 11) is 0. The molecule has 0 aliphatic heterocycles. The Morgan fingerprint density at radius 3 is 2.54 bits per heavy atom. The van der Waals surface area contributed by atoms with Gasteiger partial charge in [0.2, 0.25) is 0 Å². The Kier molecular flexibility index (Phi) is 7.00. The SMILES string of the molecule is C=C=CCOC(OCC)C(C)(Br)Br. The standard InChI is InChI=1S/C9H14Br2O2/c1-4-6-7-13-8(12-5-2)9(3,10)11/h6,8H,1,5,7H2,2-3H3. The maximum atomic E-state index is 5.41. The first-order valence-corrected chi connectivity index (χ1v) is 5.56. The zero-order valence-electron chi connectivity index (χ0n) is 7.85. The van der Waals surface area contributed by atoms with Crippen molar-refractivity contribution in [1.29, 1.82) is 0 Å². The van der Waals surface area contributed by atoms with Crippen LogP contribution in [-0.4, -0.2) is 22.7 Å². The van der Waals surface area contributed by atoms with Crippen molar-refractivity contribution in [3.8, 4) is 0 Å². The number of alkyl halides is 2. The van der Waals surface area contributed by atoms with Gasteiger partial charge in [0.1, 0.15) is 3.23 Å². The molecule has 4 heteroatoms. The van der Waals surface area contributed by atoms with Gasteiger partial charge in [0.25, 0.3) is 0 Å². The van der Waals surface area contributed by atoms with E-state index in [1.807, 2.05) is 13.8 Å². The van der Waals surface area contributed by atoms with Gasteiger partial charge in [-0.05, 0) is 19.9 Å². The third kappa shape index (κ3) is 6.47. The summed E-state index contributed by atoms with van der Waals surface area (Å²) < 4.78 is 10.4. The van der Waals surface area contributed by atoms with E-state index in [4.69, 9.17) is 9.47 Å². The third-order valence-corrected chi connectivity index (χ3v) is 1.95. The topological polar surface area (TPSA) is 18.5 Å². The predicted octanol–water partition coefficient (Wildman–Crippen LogP) is 3.21. The van der Waals surface area contributed by atoms with Crippen molar-refractivity contribution in [2.75, 3.05) is 13.2 Å². The van der Waals surface area contributed by atoms with Crippen molar-refractivity contribution in [3.63, 3.8) is 0 Å². The van der Waals surface area contributed by atoms with Gasteiger partial charge >= 0.3 is 0 Å². The molecule has 13 heavy (non-hydrogen) atoms. The van der Waals surface area contributed by atoms with Gasteiger partial charge in [-0.2, -0.15) is 0 Å². The summed E-state index contributed by atoms with van der Waals surface area (Å²) in [4.78, 5) is 0. The normalized spacial score (nSPS) is 13.5. The summed E-state index contributed by atoms with van der Waals surface area (Å²) in [5.41, 5.74) is 2.63. The van der Waals surface area contributed by atoms with Gasteiger partial charge in [0, 0.05) is 6.61 Å². The van der Waals surface area contributed by atoms with Crippen LogP contribution in [-0.2, 0) is 9.47 Å². The van der Waals surface area contributed by atoms with Crippen LogP contribution in [0.5, 0.6) is 0 Å². The monoisotopic (exact) mass is 312 g/mol. The van der Waals surface area contributed by atoms with Crippen LogP contribution in [0.15, 0.2) is 18.4 Å². The zero-order valence-corrected chi connectivity index (χ0v) is 11.0. The Labute approximate surface area is 96.2 Å². The average molecular weight is 314 g/mol. The van der Waals surface area contributed by atoms with E-state index in [0.29, 0.717) is 13.2 Å². The summed E-state index contributed by atoms with van der Waals surface area (Å²) in [5.74, 6) is 0. The quantitative estimate of drug-likeness (QED) is 0.426. The second-order valence-electron chi connectivity index (χ2n) is 2.49. The van der Waals surface area contributed by atoms with E-state index in [0.717, 1.165) is 0 Å². The second-order valence-corrected chi connectivity index (χ2v) is 6.84. The maximum absolute atomic E-state index is 5.41. The zero-order chi connectivity index (χ0) is 10.3. The van der Waals surface area contributed by atoms with E-state index in [9.17, 15) is 0 Å². The molecule has 0 rings (SSSR count). The molecule has 0 aromatic carbocycles. The van der Waals surface area contributed by atoms with Gasteiger partial charge in [-0.3, -0.25) is 0 Å². The van der Waals surface area contributed by atoms with Crippen LogP contribution in [0.2, 0.25) is 0 Å². The molecule has 0 aliphatic rings. The highest BCUT2D eigenvalue weighted by atomic mass is 79.9. The molecular weight excluding hydrogens is 300 g/mol. The minimum absolute atomic E-state index is 0.331. The Balaban J connectivity index is 4.02. The number of halogens is 2. The molecule has 0 aromatic heterocycles. The van der Waals surface area contributed by atoms with Gasteiger partial charge < -0.3 is 9.47 Å². The Morgan fingerprint density at radius 1 is 1.54 bits per heavy atom. The summed E-state index contributed by atoms with van der Waals surface area (Å²) in [5, 5.41) is 0. The van der Waals surface area contributed by atoms with Crippen molar-refractivity contribution in [3.05, 3.63) is 18.4 Å². The minimum atomic E-state index is -0.370. The molecule has 0 amide bonds. The van der Waals surface area contributed by atoms with Gasteiger partial charge in [-0.1, -0.05) is 38.4 Å². The fourth-order valence-corrected chi connectivity index (χ4v) is 1.22. The van der Waals surface area contributed by atoms with E-state index in [2.05, 4.69) is 44.2 Å². The molecule has 0 radical (unpaired) electrons. The van der Waals surface area contributed by atoms with Gasteiger partial charge in [-0.25, -0.2) is 0 Å². The van der Waals surface area contributed by atoms with Crippen molar-refractivity contribution in [2.45, 2.75) is 23.4 Å². The van der Waals surface area contributed by atoms with Crippen molar-refractivity contribution < 1.29 is 9.47 Å². The van der Waals surface area contributed by atoms with Crippen LogP contribution in [0.3, 0.4) is 0 Å². The first-order valence-electron chi connectivity index (χ1n) is 3.97. The molecular formula is C9H14Br2O2. The molecule has 0 spiro atoms. The van der Waals surface area contributed by atoms with Crippen LogP contribution in [0.4, 0.5) is 0 Å². The molecule has 0 N–H and O–H groups in total. The first kappa shape index (κ1) is 13.4. The van der Waals surface area contributed by atoms with Crippen molar-refractivity contribution in [2.24, 2.45) is 0 Å². The highest BCUT2D eigenvalue weighted by molar-refractivity contribution is 9.25. The smallest absolute Gasteiger partial charge is 0.182 e. The molecule has 76 valence electrons. The molecule has 0 aliphatic carbocycles. The molecule has 0 fully saturated rings. The second kappa shape index (κ2) is 6.80. The number of hydrogen-bond donors (Lipinski definition) is 0. The van der Waals surface area contributed by atoms with Gasteiger partial charge in [0.15, 0.2) is 6.29 Å². The largest absolute Gasteiger partial charge is 0.351 e. The van der Waals surface area contributed by atoms with Crippen molar-refractivity contribution in [1.82, 2.24) is 0 Å². The summed E-state index contributed by atoms with van der Waals surface area (Å²) >= 11 is 6.83. The molecule has 0 heterocycles. The Bertz CT molecular complexity index is 181. The molecule has 0 saturated heterocycles. The average Bonchev–Trinajstić information content (AvgIpc) is 2.01. The number of ether oxygens (including phenoxy) is 2.